The first-order valence-corrected chi connectivity index (χ1v) is 6.73. The summed E-state index contributed by atoms with van der Waals surface area (Å²) in [5.41, 5.74) is 1.04. The van der Waals surface area contributed by atoms with Crippen LogP contribution >= 0.6 is 0 Å². The normalized spacial score (nSPS) is 12.6. The Bertz CT molecular complexity index is 421. The molecule has 0 aliphatic carbocycles. The molecule has 0 spiro atoms. The van der Waals surface area contributed by atoms with Crippen molar-refractivity contribution in [3.63, 3.8) is 0 Å². The van der Waals surface area contributed by atoms with Crippen molar-refractivity contribution in [3.05, 3.63) is 29.6 Å². The van der Waals surface area contributed by atoms with Crippen LogP contribution in [0.2, 0.25) is 0 Å². The van der Waals surface area contributed by atoms with Gasteiger partial charge < -0.3 is 10.1 Å². The highest BCUT2D eigenvalue weighted by Crippen LogP contribution is 2.22. The quantitative estimate of drug-likeness (QED) is 0.873. The zero-order valence-corrected chi connectivity index (χ0v) is 12.9. The maximum absolute atomic E-state index is 13.2. The summed E-state index contributed by atoms with van der Waals surface area (Å²) in [5, 5.41) is 3.47. The van der Waals surface area contributed by atoms with Gasteiger partial charge in [0.05, 0.1) is 6.61 Å². The zero-order chi connectivity index (χ0) is 14.7. The van der Waals surface area contributed by atoms with Crippen LogP contribution in [0.15, 0.2) is 18.2 Å². The third-order valence-corrected chi connectivity index (χ3v) is 2.87. The summed E-state index contributed by atoms with van der Waals surface area (Å²) in [4.78, 5) is 0. The third-order valence-electron chi connectivity index (χ3n) is 2.87. The second-order valence-corrected chi connectivity index (χ2v) is 6.97. The molecule has 0 saturated carbocycles. The Hall–Kier alpha value is -1.09. The standard InChI is InChI=1S/C16H26FNO/c1-12-7-8-13(17)9-14(12)19-11-16(5,6)10-18-15(2,3)4/h7-9,18H,10-11H2,1-6H3. The molecule has 0 bridgehead atoms. The first-order valence-electron chi connectivity index (χ1n) is 6.73. The van der Waals surface area contributed by atoms with Crippen LogP contribution < -0.4 is 10.1 Å². The van der Waals surface area contributed by atoms with Gasteiger partial charge in [0.1, 0.15) is 11.6 Å². The minimum atomic E-state index is -0.258. The molecule has 0 aliphatic rings. The summed E-state index contributed by atoms with van der Waals surface area (Å²) < 4.78 is 18.9. The van der Waals surface area contributed by atoms with E-state index < -0.39 is 0 Å². The Morgan fingerprint density at radius 2 is 1.79 bits per heavy atom. The second kappa shape index (κ2) is 5.91. The molecule has 0 heterocycles. The summed E-state index contributed by atoms with van der Waals surface area (Å²) in [5.74, 6) is 0.370. The van der Waals surface area contributed by atoms with Gasteiger partial charge in [-0.05, 0) is 39.3 Å². The SMILES string of the molecule is Cc1ccc(F)cc1OCC(C)(C)CNC(C)(C)C. The first-order chi connectivity index (χ1) is 8.59. The van der Waals surface area contributed by atoms with Crippen LogP contribution in [-0.2, 0) is 0 Å². The lowest BCUT2D eigenvalue weighted by Gasteiger charge is -2.30. The molecule has 0 radical (unpaired) electrons. The van der Waals surface area contributed by atoms with Gasteiger partial charge in [-0.15, -0.1) is 0 Å². The molecular weight excluding hydrogens is 241 g/mol. The molecule has 0 saturated heterocycles. The molecular formula is C16H26FNO. The zero-order valence-electron chi connectivity index (χ0n) is 12.9. The largest absolute Gasteiger partial charge is 0.493 e. The Morgan fingerprint density at radius 3 is 2.37 bits per heavy atom. The fourth-order valence-corrected chi connectivity index (χ4v) is 1.56. The van der Waals surface area contributed by atoms with Gasteiger partial charge in [0.15, 0.2) is 0 Å². The molecule has 0 aromatic heterocycles. The molecule has 1 aromatic rings. The van der Waals surface area contributed by atoms with E-state index >= 15 is 0 Å². The molecule has 0 amide bonds. The van der Waals surface area contributed by atoms with Crippen molar-refractivity contribution in [2.45, 2.75) is 47.1 Å². The predicted molar refractivity (Wildman–Crippen MR) is 78.2 cm³/mol. The number of nitrogens with one attached hydrogen (secondary N) is 1. The lowest BCUT2D eigenvalue weighted by Crippen LogP contribution is -2.43. The van der Waals surface area contributed by atoms with Gasteiger partial charge in [0.2, 0.25) is 0 Å². The first kappa shape index (κ1) is 16.0. The number of benzene rings is 1. The van der Waals surface area contributed by atoms with Crippen molar-refractivity contribution in [1.82, 2.24) is 5.32 Å². The topological polar surface area (TPSA) is 21.3 Å². The van der Waals surface area contributed by atoms with Crippen molar-refractivity contribution in [3.8, 4) is 5.75 Å². The summed E-state index contributed by atoms with van der Waals surface area (Å²) in [6.45, 7) is 14.0. The maximum Gasteiger partial charge on any atom is 0.126 e. The van der Waals surface area contributed by atoms with E-state index in [2.05, 4.69) is 39.9 Å². The van der Waals surface area contributed by atoms with Gasteiger partial charge in [-0.3, -0.25) is 0 Å². The molecule has 2 nitrogen and oxygen atoms in total. The smallest absolute Gasteiger partial charge is 0.126 e. The van der Waals surface area contributed by atoms with E-state index in [9.17, 15) is 4.39 Å². The second-order valence-electron chi connectivity index (χ2n) is 6.97. The number of hydrogen-bond acceptors (Lipinski definition) is 2. The molecule has 1 N–H and O–H groups in total. The van der Waals surface area contributed by atoms with Crippen LogP contribution in [0.1, 0.15) is 40.2 Å². The van der Waals surface area contributed by atoms with Crippen LogP contribution in [-0.4, -0.2) is 18.7 Å². The van der Waals surface area contributed by atoms with Gasteiger partial charge in [-0.1, -0.05) is 19.9 Å². The molecule has 0 unspecified atom stereocenters. The van der Waals surface area contributed by atoms with Crippen LogP contribution in [0.4, 0.5) is 4.39 Å². The van der Waals surface area contributed by atoms with Gasteiger partial charge in [-0.2, -0.15) is 0 Å². The van der Waals surface area contributed by atoms with E-state index in [1.165, 1.54) is 12.1 Å². The Labute approximate surface area is 116 Å². The van der Waals surface area contributed by atoms with E-state index in [0.29, 0.717) is 12.4 Å². The van der Waals surface area contributed by atoms with Crippen molar-refractivity contribution < 1.29 is 9.13 Å². The Balaban J connectivity index is 2.57. The third kappa shape index (κ3) is 6.06. The number of halogens is 1. The minimum absolute atomic E-state index is 0.00790. The maximum atomic E-state index is 13.2. The number of hydrogen-bond donors (Lipinski definition) is 1. The van der Waals surface area contributed by atoms with Crippen molar-refractivity contribution in [2.24, 2.45) is 5.41 Å². The van der Waals surface area contributed by atoms with E-state index in [1.807, 2.05) is 6.92 Å². The molecule has 1 aromatic carbocycles. The lowest BCUT2D eigenvalue weighted by molar-refractivity contribution is 0.164. The highest BCUT2D eigenvalue weighted by Gasteiger charge is 2.22. The molecule has 1 rings (SSSR count). The molecule has 0 aliphatic heterocycles. The van der Waals surface area contributed by atoms with Crippen LogP contribution in [0, 0.1) is 18.2 Å². The molecule has 3 heteroatoms. The minimum Gasteiger partial charge on any atom is -0.493 e. The van der Waals surface area contributed by atoms with Gasteiger partial charge in [-0.25, -0.2) is 4.39 Å². The average Bonchev–Trinajstić information content (AvgIpc) is 2.27. The predicted octanol–water partition coefficient (Wildman–Crippen LogP) is 3.93. The molecule has 19 heavy (non-hydrogen) atoms. The molecule has 108 valence electrons. The summed E-state index contributed by atoms with van der Waals surface area (Å²) in [6, 6.07) is 4.64. The van der Waals surface area contributed by atoms with E-state index in [-0.39, 0.29) is 16.8 Å². The monoisotopic (exact) mass is 267 g/mol. The van der Waals surface area contributed by atoms with Crippen LogP contribution in [0.25, 0.3) is 0 Å². The number of aryl methyl sites for hydroxylation is 1. The Kier molecular flexibility index (Phi) is 4.97. The fraction of sp³-hybridized carbons (Fsp3) is 0.625. The Morgan fingerprint density at radius 1 is 1.16 bits per heavy atom. The average molecular weight is 267 g/mol. The van der Waals surface area contributed by atoms with Crippen LogP contribution in [0.5, 0.6) is 5.75 Å². The van der Waals surface area contributed by atoms with Gasteiger partial charge >= 0.3 is 0 Å². The number of ether oxygens (including phenoxy) is 1. The lowest BCUT2D eigenvalue weighted by atomic mass is 9.93. The summed E-state index contributed by atoms with van der Waals surface area (Å²) in [7, 11) is 0. The molecule has 0 fully saturated rings. The van der Waals surface area contributed by atoms with Crippen molar-refractivity contribution in [2.75, 3.05) is 13.2 Å². The van der Waals surface area contributed by atoms with Crippen molar-refractivity contribution in [1.29, 1.82) is 0 Å². The van der Waals surface area contributed by atoms with Crippen LogP contribution in [0.3, 0.4) is 0 Å². The van der Waals surface area contributed by atoms with Gasteiger partial charge in [0.25, 0.3) is 0 Å². The van der Waals surface area contributed by atoms with E-state index in [1.54, 1.807) is 6.07 Å². The highest BCUT2D eigenvalue weighted by molar-refractivity contribution is 5.32. The van der Waals surface area contributed by atoms with Crippen molar-refractivity contribution >= 4 is 0 Å². The number of rotatable bonds is 5. The van der Waals surface area contributed by atoms with E-state index in [4.69, 9.17) is 4.74 Å². The highest BCUT2D eigenvalue weighted by atomic mass is 19.1. The van der Waals surface area contributed by atoms with Gasteiger partial charge in [0, 0.05) is 23.6 Å². The summed E-state index contributed by atoms with van der Waals surface area (Å²) >= 11 is 0. The molecule has 0 atom stereocenters. The summed E-state index contributed by atoms with van der Waals surface area (Å²) in [6.07, 6.45) is 0. The van der Waals surface area contributed by atoms with E-state index in [0.717, 1.165) is 12.1 Å². The fourth-order valence-electron chi connectivity index (χ4n) is 1.56.